The zero-order valence-corrected chi connectivity index (χ0v) is 12.2. The van der Waals surface area contributed by atoms with Crippen LogP contribution in [0.5, 0.6) is 0 Å². The monoisotopic (exact) mass is 478 g/mol. The zero-order valence-electron chi connectivity index (χ0n) is 12.2. The van der Waals surface area contributed by atoms with E-state index in [4.69, 9.17) is 0 Å². The fourth-order valence-corrected chi connectivity index (χ4v) is 2.49. The minimum atomic E-state index is -7.73. The molecule has 20 heteroatoms. The van der Waals surface area contributed by atoms with Crippen molar-refractivity contribution < 1.29 is 79.0 Å². The highest BCUT2D eigenvalue weighted by Crippen LogP contribution is 2.76. The first kappa shape index (κ1) is 25.2. The van der Waals surface area contributed by atoms with Gasteiger partial charge in [0.05, 0.1) is 0 Å². The molecule has 1 saturated heterocycles. The molecule has 172 valence electrons. The summed E-state index contributed by atoms with van der Waals surface area (Å²) in [5, 5.41) is -2.83. The zero-order chi connectivity index (χ0) is 23.9. The Morgan fingerprint density at radius 1 is 0.448 bits per heavy atom. The molecule has 0 atom stereocenters. The molecule has 0 radical (unpaired) electrons. The standard InChI is InChI=1S/C9F18N2/c10-2(11,12)1(3(13,14)15)28-29-4(6(16,17)18,7(19,20)21)5(29,8(22,23)24)9(25,26)27. The molecule has 0 aromatic rings. The fraction of sp³-hybridized carbons (Fsp3) is 0.889. The van der Waals surface area contributed by atoms with Crippen LogP contribution in [-0.2, 0) is 0 Å². The maximum absolute atomic E-state index is 12.8. The van der Waals surface area contributed by atoms with Gasteiger partial charge in [-0.05, 0) is 0 Å². The summed E-state index contributed by atoms with van der Waals surface area (Å²) in [5.74, 6) is 0. The Balaban J connectivity index is 4.18. The normalized spacial score (nSPS) is 20.6. The maximum Gasteiger partial charge on any atom is 0.440 e. The van der Waals surface area contributed by atoms with Crippen molar-refractivity contribution in [3.63, 3.8) is 0 Å². The smallest absolute Gasteiger partial charge is 0.243 e. The van der Waals surface area contributed by atoms with E-state index >= 15 is 0 Å². The summed E-state index contributed by atoms with van der Waals surface area (Å²) in [7, 11) is 0. The third kappa shape index (κ3) is 3.21. The maximum atomic E-state index is 12.8. The molecule has 0 aliphatic carbocycles. The van der Waals surface area contributed by atoms with Gasteiger partial charge in [-0.2, -0.15) is 84.1 Å². The van der Waals surface area contributed by atoms with Gasteiger partial charge in [0.15, 0.2) is 0 Å². The van der Waals surface area contributed by atoms with Crippen molar-refractivity contribution >= 4 is 5.71 Å². The Morgan fingerprint density at radius 3 is 0.793 bits per heavy atom. The number of hydrogen-bond donors (Lipinski definition) is 0. The second kappa shape index (κ2) is 5.88. The quantitative estimate of drug-likeness (QED) is 0.276. The SMILES string of the molecule is FC(F)(F)C(=NN1C(C(F)(F)F)(C(F)(F)F)C1(C(F)(F)F)C(F)(F)F)C(F)(F)F. The highest BCUT2D eigenvalue weighted by Gasteiger charge is 3.11. The van der Waals surface area contributed by atoms with E-state index < -0.39 is 58.9 Å². The summed E-state index contributed by atoms with van der Waals surface area (Å²) < 4.78 is 228. The lowest BCUT2D eigenvalue weighted by atomic mass is 9.89. The number of nitrogens with zero attached hydrogens (tertiary/aromatic N) is 2. The van der Waals surface area contributed by atoms with Crippen molar-refractivity contribution in [3.05, 3.63) is 0 Å². The van der Waals surface area contributed by atoms with Gasteiger partial charge in [-0.1, -0.05) is 0 Å². The van der Waals surface area contributed by atoms with Crippen LogP contribution >= 0.6 is 0 Å². The summed E-state index contributed by atoms with van der Waals surface area (Å²) in [4.78, 5) is 0. The third-order valence-corrected chi connectivity index (χ3v) is 3.49. The minimum Gasteiger partial charge on any atom is -0.243 e. The van der Waals surface area contributed by atoms with Gasteiger partial charge in [0.2, 0.25) is 5.71 Å². The van der Waals surface area contributed by atoms with Crippen LogP contribution < -0.4 is 0 Å². The highest BCUT2D eigenvalue weighted by molar-refractivity contribution is 5.94. The average molecular weight is 478 g/mol. The topological polar surface area (TPSA) is 15.4 Å². The number of rotatable bonds is 1. The van der Waals surface area contributed by atoms with Crippen LogP contribution in [-0.4, -0.2) is 58.9 Å². The number of hydrogen-bond acceptors (Lipinski definition) is 2. The van der Waals surface area contributed by atoms with Crippen LogP contribution in [0.2, 0.25) is 0 Å². The van der Waals surface area contributed by atoms with Gasteiger partial charge in [0.25, 0.3) is 11.1 Å². The van der Waals surface area contributed by atoms with Gasteiger partial charge < -0.3 is 0 Å². The van der Waals surface area contributed by atoms with E-state index in [0.717, 1.165) is 0 Å². The molecule has 0 spiro atoms. The Hall–Kier alpha value is -1.79. The van der Waals surface area contributed by atoms with Gasteiger partial charge in [-0.3, -0.25) is 0 Å². The largest absolute Gasteiger partial charge is 0.440 e. The van der Waals surface area contributed by atoms with Crippen LogP contribution in [0.3, 0.4) is 0 Å². The predicted molar refractivity (Wildman–Crippen MR) is 51.1 cm³/mol. The van der Waals surface area contributed by atoms with Crippen LogP contribution in [0.25, 0.3) is 0 Å². The molecule has 0 amide bonds. The van der Waals surface area contributed by atoms with Gasteiger partial charge >= 0.3 is 37.1 Å². The molecular weight excluding hydrogens is 478 g/mol. The number of hydrazone groups is 1. The molecule has 0 aromatic heterocycles. The molecule has 0 N–H and O–H groups in total. The van der Waals surface area contributed by atoms with Gasteiger partial charge in [0.1, 0.15) is 0 Å². The summed E-state index contributed by atoms with van der Waals surface area (Å²) in [6, 6.07) is 0. The molecule has 2 nitrogen and oxygen atoms in total. The number of halogens is 18. The summed E-state index contributed by atoms with van der Waals surface area (Å²) in [5.41, 5.74) is -19.3. The molecule has 1 heterocycles. The first-order valence-corrected chi connectivity index (χ1v) is 6.02. The molecular formula is C9F18N2. The molecule has 29 heavy (non-hydrogen) atoms. The van der Waals surface area contributed by atoms with E-state index in [-0.39, 0.29) is 0 Å². The molecule has 1 aliphatic heterocycles. The molecule has 0 bridgehead atoms. The first-order valence-electron chi connectivity index (χ1n) is 6.02. The molecule has 1 aliphatic rings. The average Bonchev–Trinajstić information content (AvgIpc) is 2.96. The lowest BCUT2D eigenvalue weighted by molar-refractivity contribution is -0.327. The lowest BCUT2D eigenvalue weighted by Gasteiger charge is -2.27. The second-order valence-corrected chi connectivity index (χ2v) is 5.17. The second-order valence-electron chi connectivity index (χ2n) is 5.17. The highest BCUT2D eigenvalue weighted by atomic mass is 19.4. The van der Waals surface area contributed by atoms with Crippen LogP contribution in [0, 0.1) is 0 Å². The van der Waals surface area contributed by atoms with Crippen molar-refractivity contribution in [1.29, 1.82) is 0 Å². The van der Waals surface area contributed by atoms with E-state index in [1.165, 1.54) is 0 Å². The van der Waals surface area contributed by atoms with E-state index in [0.29, 0.717) is 5.10 Å². The summed E-state index contributed by atoms with van der Waals surface area (Å²) in [6.07, 6.45) is -45.1. The lowest BCUT2D eigenvalue weighted by Crippen LogP contribution is -2.61. The van der Waals surface area contributed by atoms with Crippen molar-refractivity contribution in [3.8, 4) is 0 Å². The summed E-state index contributed by atoms with van der Waals surface area (Å²) >= 11 is 0. The Labute approximate surface area is 144 Å². The van der Waals surface area contributed by atoms with Crippen LogP contribution in [0.1, 0.15) is 0 Å². The molecule has 1 rings (SSSR count). The van der Waals surface area contributed by atoms with Crippen molar-refractivity contribution in [2.75, 3.05) is 0 Å². The van der Waals surface area contributed by atoms with E-state index in [2.05, 4.69) is 0 Å². The van der Waals surface area contributed by atoms with Crippen molar-refractivity contribution in [2.45, 2.75) is 48.1 Å². The van der Waals surface area contributed by atoms with E-state index in [9.17, 15) is 79.0 Å². The Kier molecular flexibility index (Phi) is 5.12. The Bertz CT molecular complexity index is 580. The van der Waals surface area contributed by atoms with Crippen LogP contribution in [0.15, 0.2) is 5.10 Å². The predicted octanol–water partition coefficient (Wildman–Crippen LogP) is 5.51. The van der Waals surface area contributed by atoms with Crippen molar-refractivity contribution in [1.82, 2.24) is 5.01 Å². The van der Waals surface area contributed by atoms with Gasteiger partial charge in [0, 0.05) is 0 Å². The number of alkyl halides is 18. The van der Waals surface area contributed by atoms with Gasteiger partial charge in [-0.15, -0.1) is 0 Å². The van der Waals surface area contributed by atoms with E-state index in [1.54, 1.807) is 0 Å². The van der Waals surface area contributed by atoms with E-state index in [1.807, 2.05) is 0 Å². The first-order chi connectivity index (χ1) is 12.2. The van der Waals surface area contributed by atoms with Crippen molar-refractivity contribution in [2.24, 2.45) is 5.10 Å². The fourth-order valence-electron chi connectivity index (χ4n) is 2.49. The molecule has 0 aromatic carbocycles. The molecule has 1 fully saturated rings. The minimum absolute atomic E-state index is 0.524. The molecule has 0 saturated carbocycles. The summed E-state index contributed by atoms with van der Waals surface area (Å²) in [6.45, 7) is 0. The third-order valence-electron chi connectivity index (χ3n) is 3.49. The Morgan fingerprint density at radius 2 is 0.655 bits per heavy atom. The van der Waals surface area contributed by atoms with Crippen LogP contribution in [0.4, 0.5) is 79.0 Å². The van der Waals surface area contributed by atoms with Gasteiger partial charge in [-0.25, -0.2) is 5.01 Å². The molecule has 0 unspecified atom stereocenters.